The van der Waals surface area contributed by atoms with E-state index in [9.17, 15) is 0 Å². The van der Waals surface area contributed by atoms with Gasteiger partial charge in [0.25, 0.3) is 0 Å². The number of aromatic amines is 1. The highest BCUT2D eigenvalue weighted by Crippen LogP contribution is 2.16. The van der Waals surface area contributed by atoms with Crippen molar-refractivity contribution in [1.29, 1.82) is 0 Å². The standard InChI is InChI=1S/C17H19N3O/c1-2-15-7-8-16(21-15)12-18-11-13-3-5-14(6-4-13)17-9-10-19-20-17/h3-10,18H,2,11-12H2,1H3,(H,19,20). The van der Waals surface area contributed by atoms with Crippen LogP contribution >= 0.6 is 0 Å². The van der Waals surface area contributed by atoms with E-state index in [-0.39, 0.29) is 0 Å². The summed E-state index contributed by atoms with van der Waals surface area (Å²) in [7, 11) is 0. The Balaban J connectivity index is 1.53. The average Bonchev–Trinajstić information content (AvgIpc) is 3.19. The molecule has 2 aromatic heterocycles. The number of aromatic nitrogens is 2. The molecule has 4 heteroatoms. The number of H-pyrrole nitrogens is 1. The lowest BCUT2D eigenvalue weighted by Gasteiger charge is -2.04. The van der Waals surface area contributed by atoms with Crippen LogP contribution in [0.1, 0.15) is 24.0 Å². The van der Waals surface area contributed by atoms with Crippen molar-refractivity contribution in [1.82, 2.24) is 15.5 Å². The molecular weight excluding hydrogens is 262 g/mol. The van der Waals surface area contributed by atoms with E-state index in [4.69, 9.17) is 4.42 Å². The minimum atomic E-state index is 0.752. The molecule has 0 unspecified atom stereocenters. The molecule has 0 bridgehead atoms. The van der Waals surface area contributed by atoms with Crippen LogP contribution in [0.2, 0.25) is 0 Å². The first-order chi connectivity index (χ1) is 10.3. The Kier molecular flexibility index (Phi) is 4.17. The van der Waals surface area contributed by atoms with Crippen molar-refractivity contribution in [3.8, 4) is 11.3 Å². The van der Waals surface area contributed by atoms with Crippen LogP contribution in [-0.2, 0) is 19.5 Å². The second-order valence-electron chi connectivity index (χ2n) is 4.99. The van der Waals surface area contributed by atoms with Crippen LogP contribution in [0.15, 0.2) is 53.1 Å². The molecule has 108 valence electrons. The lowest BCUT2D eigenvalue weighted by Crippen LogP contribution is -2.11. The molecule has 4 nitrogen and oxygen atoms in total. The third kappa shape index (κ3) is 3.41. The Bertz CT molecular complexity index is 668. The summed E-state index contributed by atoms with van der Waals surface area (Å²) in [6, 6.07) is 14.5. The van der Waals surface area contributed by atoms with Gasteiger partial charge in [-0.2, -0.15) is 5.10 Å². The molecule has 0 fully saturated rings. The Hall–Kier alpha value is -2.33. The number of furan rings is 1. The van der Waals surface area contributed by atoms with Crippen molar-refractivity contribution in [2.75, 3.05) is 0 Å². The first-order valence-corrected chi connectivity index (χ1v) is 7.22. The highest BCUT2D eigenvalue weighted by molar-refractivity contribution is 5.58. The third-order valence-electron chi connectivity index (χ3n) is 3.46. The molecule has 0 aliphatic rings. The van der Waals surface area contributed by atoms with Crippen molar-refractivity contribution in [2.24, 2.45) is 0 Å². The molecule has 0 radical (unpaired) electrons. The first-order valence-electron chi connectivity index (χ1n) is 7.22. The molecule has 1 aromatic carbocycles. The number of benzene rings is 1. The Morgan fingerprint density at radius 1 is 1.00 bits per heavy atom. The van der Waals surface area contributed by atoms with E-state index in [2.05, 4.69) is 46.7 Å². The first kappa shape index (κ1) is 13.6. The van der Waals surface area contributed by atoms with Crippen LogP contribution in [-0.4, -0.2) is 10.2 Å². The van der Waals surface area contributed by atoms with E-state index in [1.54, 1.807) is 6.20 Å². The maximum atomic E-state index is 5.67. The number of nitrogens with zero attached hydrogens (tertiary/aromatic N) is 1. The highest BCUT2D eigenvalue weighted by Gasteiger charge is 2.01. The van der Waals surface area contributed by atoms with Gasteiger partial charge >= 0.3 is 0 Å². The van der Waals surface area contributed by atoms with Gasteiger partial charge in [-0.15, -0.1) is 0 Å². The smallest absolute Gasteiger partial charge is 0.117 e. The van der Waals surface area contributed by atoms with Crippen LogP contribution in [0.25, 0.3) is 11.3 Å². The second kappa shape index (κ2) is 6.41. The van der Waals surface area contributed by atoms with Crippen LogP contribution in [0, 0.1) is 0 Å². The zero-order chi connectivity index (χ0) is 14.5. The molecule has 3 aromatic rings. The monoisotopic (exact) mass is 281 g/mol. The number of hydrogen-bond acceptors (Lipinski definition) is 3. The van der Waals surface area contributed by atoms with Gasteiger partial charge in [0.1, 0.15) is 11.5 Å². The molecule has 0 amide bonds. The van der Waals surface area contributed by atoms with E-state index in [0.29, 0.717) is 0 Å². The van der Waals surface area contributed by atoms with Gasteiger partial charge in [0.15, 0.2) is 0 Å². The number of nitrogens with one attached hydrogen (secondary N) is 2. The fourth-order valence-electron chi connectivity index (χ4n) is 2.26. The van der Waals surface area contributed by atoms with Crippen molar-refractivity contribution < 1.29 is 4.42 Å². The lowest BCUT2D eigenvalue weighted by atomic mass is 10.1. The van der Waals surface area contributed by atoms with Gasteiger partial charge < -0.3 is 9.73 Å². The summed E-state index contributed by atoms with van der Waals surface area (Å²) in [5.41, 5.74) is 3.44. The van der Waals surface area contributed by atoms with E-state index in [1.165, 1.54) is 5.56 Å². The molecule has 3 rings (SSSR count). The summed E-state index contributed by atoms with van der Waals surface area (Å²) >= 11 is 0. The number of aryl methyl sites for hydroxylation is 1. The topological polar surface area (TPSA) is 53.9 Å². The van der Waals surface area contributed by atoms with Gasteiger partial charge in [-0.05, 0) is 29.3 Å². The van der Waals surface area contributed by atoms with Gasteiger partial charge in [-0.1, -0.05) is 31.2 Å². The van der Waals surface area contributed by atoms with Crippen LogP contribution < -0.4 is 5.32 Å². The zero-order valence-corrected chi connectivity index (χ0v) is 12.1. The minimum Gasteiger partial charge on any atom is -0.465 e. The SMILES string of the molecule is CCc1ccc(CNCc2ccc(-c3ccn[nH]3)cc2)o1. The Labute approximate surface area is 124 Å². The molecule has 2 heterocycles. The quantitative estimate of drug-likeness (QED) is 0.727. The number of rotatable bonds is 6. The minimum absolute atomic E-state index is 0.752. The van der Waals surface area contributed by atoms with E-state index in [0.717, 1.165) is 42.3 Å². The molecule has 0 aliphatic heterocycles. The molecule has 0 saturated carbocycles. The molecule has 0 saturated heterocycles. The summed E-state index contributed by atoms with van der Waals surface area (Å²) in [5, 5.41) is 10.3. The van der Waals surface area contributed by atoms with Gasteiger partial charge in [0, 0.05) is 19.2 Å². The summed E-state index contributed by atoms with van der Waals surface area (Å²) in [6.45, 7) is 3.67. The molecule has 21 heavy (non-hydrogen) atoms. The molecule has 0 aliphatic carbocycles. The Morgan fingerprint density at radius 3 is 2.48 bits per heavy atom. The maximum Gasteiger partial charge on any atom is 0.117 e. The molecular formula is C17H19N3O. The van der Waals surface area contributed by atoms with E-state index < -0.39 is 0 Å². The molecule has 2 N–H and O–H groups in total. The zero-order valence-electron chi connectivity index (χ0n) is 12.1. The van der Waals surface area contributed by atoms with Gasteiger partial charge in [0.05, 0.1) is 12.2 Å². The van der Waals surface area contributed by atoms with Crippen molar-refractivity contribution in [2.45, 2.75) is 26.4 Å². The van der Waals surface area contributed by atoms with Crippen molar-refractivity contribution in [3.63, 3.8) is 0 Å². The van der Waals surface area contributed by atoms with Crippen molar-refractivity contribution in [3.05, 3.63) is 65.7 Å². The highest BCUT2D eigenvalue weighted by atomic mass is 16.3. The molecule has 0 atom stereocenters. The van der Waals surface area contributed by atoms with E-state index >= 15 is 0 Å². The predicted molar refractivity (Wildman–Crippen MR) is 82.7 cm³/mol. The van der Waals surface area contributed by atoms with Gasteiger partial charge in [0.2, 0.25) is 0 Å². The summed E-state index contributed by atoms with van der Waals surface area (Å²) in [6.07, 6.45) is 2.70. The van der Waals surface area contributed by atoms with Gasteiger partial charge in [-0.3, -0.25) is 5.10 Å². The fraction of sp³-hybridized carbons (Fsp3) is 0.235. The van der Waals surface area contributed by atoms with Gasteiger partial charge in [-0.25, -0.2) is 0 Å². The summed E-state index contributed by atoms with van der Waals surface area (Å²) < 4.78 is 5.67. The maximum absolute atomic E-state index is 5.67. The second-order valence-corrected chi connectivity index (χ2v) is 4.99. The summed E-state index contributed by atoms with van der Waals surface area (Å²) in [4.78, 5) is 0. The largest absolute Gasteiger partial charge is 0.465 e. The third-order valence-corrected chi connectivity index (χ3v) is 3.46. The van der Waals surface area contributed by atoms with Crippen LogP contribution in [0.3, 0.4) is 0 Å². The van der Waals surface area contributed by atoms with Crippen LogP contribution in [0.4, 0.5) is 0 Å². The number of hydrogen-bond donors (Lipinski definition) is 2. The van der Waals surface area contributed by atoms with Crippen molar-refractivity contribution >= 4 is 0 Å². The van der Waals surface area contributed by atoms with Crippen LogP contribution in [0.5, 0.6) is 0 Å². The average molecular weight is 281 g/mol. The predicted octanol–water partition coefficient (Wildman–Crippen LogP) is 3.52. The normalized spacial score (nSPS) is 10.9. The summed E-state index contributed by atoms with van der Waals surface area (Å²) in [5.74, 6) is 2.02. The fourth-order valence-corrected chi connectivity index (χ4v) is 2.26. The lowest BCUT2D eigenvalue weighted by molar-refractivity contribution is 0.450. The van der Waals surface area contributed by atoms with E-state index in [1.807, 2.05) is 18.2 Å². The Morgan fingerprint density at radius 2 is 1.81 bits per heavy atom. The molecule has 0 spiro atoms.